The van der Waals surface area contributed by atoms with Crippen molar-refractivity contribution in [3.8, 4) is 0 Å². The van der Waals surface area contributed by atoms with Crippen molar-refractivity contribution in [2.75, 3.05) is 26.2 Å². The van der Waals surface area contributed by atoms with Crippen LogP contribution in [0.1, 0.15) is 45.4 Å². The molecule has 0 unspecified atom stereocenters. The molecule has 3 rings (SSSR count). The SMILES string of the molecule is CCOC(=O)N[C@H](CN[C@H]1CCN2CCC[C@@H]2C1)C1CC1. The second-order valence-corrected chi connectivity index (χ2v) is 6.77. The van der Waals surface area contributed by atoms with E-state index >= 15 is 0 Å². The number of carbonyl (C=O) groups is 1. The van der Waals surface area contributed by atoms with Gasteiger partial charge >= 0.3 is 6.09 Å². The van der Waals surface area contributed by atoms with Crippen LogP contribution in [0, 0.1) is 5.92 Å². The molecule has 3 atom stereocenters. The Hall–Kier alpha value is -0.810. The first-order valence-electron chi connectivity index (χ1n) is 8.67. The Bertz CT molecular complexity index is 359. The molecule has 0 spiro atoms. The largest absolute Gasteiger partial charge is 0.450 e. The van der Waals surface area contributed by atoms with Crippen LogP contribution in [0.5, 0.6) is 0 Å². The zero-order valence-electron chi connectivity index (χ0n) is 13.1. The summed E-state index contributed by atoms with van der Waals surface area (Å²) in [5, 5.41) is 6.74. The van der Waals surface area contributed by atoms with Crippen LogP contribution in [0.2, 0.25) is 0 Å². The fraction of sp³-hybridized carbons (Fsp3) is 0.938. The first-order valence-corrected chi connectivity index (χ1v) is 8.67. The molecule has 0 aromatic carbocycles. The maximum absolute atomic E-state index is 11.6. The van der Waals surface area contributed by atoms with Gasteiger partial charge in [-0.25, -0.2) is 4.79 Å². The van der Waals surface area contributed by atoms with Gasteiger partial charge in [0.05, 0.1) is 6.61 Å². The van der Waals surface area contributed by atoms with Crippen molar-refractivity contribution in [3.05, 3.63) is 0 Å². The van der Waals surface area contributed by atoms with Crippen LogP contribution in [-0.4, -0.2) is 55.4 Å². The van der Waals surface area contributed by atoms with Gasteiger partial charge in [-0.05, 0) is 64.5 Å². The molecule has 2 saturated heterocycles. The minimum Gasteiger partial charge on any atom is -0.450 e. The van der Waals surface area contributed by atoms with E-state index in [9.17, 15) is 4.79 Å². The zero-order valence-corrected chi connectivity index (χ0v) is 13.1. The van der Waals surface area contributed by atoms with Crippen molar-refractivity contribution in [3.63, 3.8) is 0 Å². The number of nitrogens with one attached hydrogen (secondary N) is 2. The van der Waals surface area contributed by atoms with Gasteiger partial charge in [0.2, 0.25) is 0 Å². The van der Waals surface area contributed by atoms with Gasteiger partial charge in [-0.15, -0.1) is 0 Å². The molecule has 2 heterocycles. The third kappa shape index (κ3) is 4.10. The molecular formula is C16H29N3O2. The first kappa shape index (κ1) is 15.1. The van der Waals surface area contributed by atoms with Crippen LogP contribution >= 0.6 is 0 Å². The summed E-state index contributed by atoms with van der Waals surface area (Å²) < 4.78 is 5.01. The summed E-state index contributed by atoms with van der Waals surface area (Å²) in [5.74, 6) is 0.647. The number of hydrogen-bond donors (Lipinski definition) is 2. The lowest BCUT2D eigenvalue weighted by atomic mass is 9.97. The Kier molecular flexibility index (Phi) is 5.01. The number of alkyl carbamates (subject to hydrolysis) is 1. The summed E-state index contributed by atoms with van der Waals surface area (Å²) >= 11 is 0. The lowest BCUT2D eigenvalue weighted by Crippen LogP contribution is -2.50. The molecule has 120 valence electrons. The highest BCUT2D eigenvalue weighted by Gasteiger charge is 2.35. The summed E-state index contributed by atoms with van der Waals surface area (Å²) in [7, 11) is 0. The average molecular weight is 295 g/mol. The van der Waals surface area contributed by atoms with Crippen molar-refractivity contribution < 1.29 is 9.53 Å². The second kappa shape index (κ2) is 6.97. The third-order valence-electron chi connectivity index (χ3n) is 5.22. The van der Waals surface area contributed by atoms with E-state index in [1.165, 1.54) is 51.6 Å². The molecule has 1 aliphatic carbocycles. The molecule has 3 aliphatic rings. The molecule has 0 aromatic rings. The maximum Gasteiger partial charge on any atom is 0.407 e. The van der Waals surface area contributed by atoms with E-state index in [0.717, 1.165) is 12.6 Å². The van der Waals surface area contributed by atoms with E-state index < -0.39 is 0 Å². The van der Waals surface area contributed by atoms with Gasteiger partial charge in [-0.3, -0.25) is 0 Å². The third-order valence-corrected chi connectivity index (χ3v) is 5.22. The van der Waals surface area contributed by atoms with Crippen LogP contribution in [-0.2, 0) is 4.74 Å². The summed E-state index contributed by atoms with van der Waals surface area (Å²) in [6, 6.07) is 1.66. The molecule has 1 saturated carbocycles. The molecule has 2 N–H and O–H groups in total. The molecule has 21 heavy (non-hydrogen) atoms. The number of ether oxygens (including phenoxy) is 1. The van der Waals surface area contributed by atoms with Crippen molar-refractivity contribution in [1.82, 2.24) is 15.5 Å². The summed E-state index contributed by atoms with van der Waals surface area (Å²) in [5.41, 5.74) is 0. The standard InChI is InChI=1S/C16H29N3O2/c1-2-21-16(20)18-15(12-5-6-12)11-17-13-7-9-19-8-3-4-14(19)10-13/h12-15,17H,2-11H2,1H3,(H,18,20)/t13-,14+,15+/m0/s1. The molecule has 3 fully saturated rings. The van der Waals surface area contributed by atoms with E-state index in [0.29, 0.717) is 18.6 Å². The topological polar surface area (TPSA) is 53.6 Å². The molecule has 1 amide bonds. The van der Waals surface area contributed by atoms with Crippen molar-refractivity contribution in [2.45, 2.75) is 63.6 Å². The van der Waals surface area contributed by atoms with Gasteiger partial charge < -0.3 is 20.3 Å². The number of hydrogen-bond acceptors (Lipinski definition) is 4. The molecule has 2 aliphatic heterocycles. The number of fused-ring (bicyclic) bond motifs is 1. The van der Waals surface area contributed by atoms with E-state index in [4.69, 9.17) is 4.74 Å². The van der Waals surface area contributed by atoms with Gasteiger partial charge in [0, 0.05) is 24.7 Å². The highest BCUT2D eigenvalue weighted by Crippen LogP contribution is 2.33. The molecule has 5 heteroatoms. The van der Waals surface area contributed by atoms with Crippen LogP contribution in [0.4, 0.5) is 4.79 Å². The monoisotopic (exact) mass is 295 g/mol. The predicted octanol–water partition coefficient (Wildman–Crippen LogP) is 1.73. The number of carbonyl (C=O) groups excluding carboxylic acids is 1. The van der Waals surface area contributed by atoms with E-state index in [1.54, 1.807) is 0 Å². The maximum atomic E-state index is 11.6. The minimum atomic E-state index is -0.262. The van der Waals surface area contributed by atoms with Crippen LogP contribution < -0.4 is 10.6 Å². The lowest BCUT2D eigenvalue weighted by molar-refractivity contribution is 0.143. The normalized spacial score (nSPS) is 30.7. The highest BCUT2D eigenvalue weighted by molar-refractivity contribution is 5.67. The number of piperidine rings is 1. The Balaban J connectivity index is 1.42. The number of amides is 1. The molecule has 5 nitrogen and oxygen atoms in total. The minimum absolute atomic E-state index is 0.241. The van der Waals surface area contributed by atoms with Crippen LogP contribution in [0.3, 0.4) is 0 Å². The summed E-state index contributed by atoms with van der Waals surface area (Å²) in [4.78, 5) is 14.3. The molecule has 0 aromatic heterocycles. The van der Waals surface area contributed by atoms with Gasteiger partial charge in [0.15, 0.2) is 0 Å². The molecule has 0 radical (unpaired) electrons. The van der Waals surface area contributed by atoms with Crippen LogP contribution in [0.25, 0.3) is 0 Å². The van der Waals surface area contributed by atoms with Gasteiger partial charge in [0.25, 0.3) is 0 Å². The fourth-order valence-electron chi connectivity index (χ4n) is 3.86. The van der Waals surface area contributed by atoms with Crippen molar-refractivity contribution in [1.29, 1.82) is 0 Å². The Morgan fingerprint density at radius 1 is 1.29 bits per heavy atom. The highest BCUT2D eigenvalue weighted by atomic mass is 16.5. The lowest BCUT2D eigenvalue weighted by Gasteiger charge is -2.36. The summed E-state index contributed by atoms with van der Waals surface area (Å²) in [6.45, 7) is 5.71. The quantitative estimate of drug-likeness (QED) is 0.783. The summed E-state index contributed by atoms with van der Waals surface area (Å²) in [6.07, 6.45) is 7.46. The Morgan fingerprint density at radius 3 is 2.90 bits per heavy atom. The van der Waals surface area contributed by atoms with Crippen molar-refractivity contribution >= 4 is 6.09 Å². The Labute approximate surface area is 127 Å². The smallest absolute Gasteiger partial charge is 0.407 e. The van der Waals surface area contributed by atoms with Gasteiger partial charge in [-0.1, -0.05) is 0 Å². The average Bonchev–Trinajstić information content (AvgIpc) is 3.21. The number of rotatable bonds is 6. The predicted molar refractivity (Wildman–Crippen MR) is 82.3 cm³/mol. The second-order valence-electron chi connectivity index (χ2n) is 6.77. The van der Waals surface area contributed by atoms with E-state index in [-0.39, 0.29) is 12.1 Å². The first-order chi connectivity index (χ1) is 10.3. The van der Waals surface area contributed by atoms with Gasteiger partial charge in [0.1, 0.15) is 0 Å². The fourth-order valence-corrected chi connectivity index (χ4v) is 3.86. The van der Waals surface area contributed by atoms with Crippen LogP contribution in [0.15, 0.2) is 0 Å². The molecular weight excluding hydrogens is 266 g/mol. The zero-order chi connectivity index (χ0) is 14.7. The number of nitrogens with zero attached hydrogens (tertiary/aromatic N) is 1. The molecule has 0 bridgehead atoms. The van der Waals surface area contributed by atoms with Gasteiger partial charge in [-0.2, -0.15) is 0 Å². The Morgan fingerprint density at radius 2 is 2.14 bits per heavy atom. The van der Waals surface area contributed by atoms with Crippen molar-refractivity contribution in [2.24, 2.45) is 5.92 Å². The van der Waals surface area contributed by atoms with E-state index in [2.05, 4.69) is 15.5 Å². The van der Waals surface area contributed by atoms with E-state index in [1.807, 2.05) is 6.92 Å².